The number of hydrogen-bond acceptors (Lipinski definition) is 4. The van der Waals surface area contributed by atoms with Crippen LogP contribution in [0.5, 0.6) is 0 Å². The lowest BCUT2D eigenvalue weighted by atomic mass is 9.44. The summed E-state index contributed by atoms with van der Waals surface area (Å²) in [5, 5.41) is 10.5. The number of rotatable bonds is 1. The Morgan fingerprint density at radius 1 is 1.03 bits per heavy atom. The van der Waals surface area contributed by atoms with E-state index in [0.29, 0.717) is 30.1 Å². The number of carbonyl (C=O) groups excluding carboxylic acids is 1. The molecule has 1 heterocycles. The van der Waals surface area contributed by atoms with Crippen molar-refractivity contribution in [3.05, 3.63) is 0 Å². The van der Waals surface area contributed by atoms with Gasteiger partial charge in [0.1, 0.15) is 6.10 Å². The molecule has 1 saturated heterocycles. The van der Waals surface area contributed by atoms with E-state index in [2.05, 4.69) is 27.7 Å². The van der Waals surface area contributed by atoms with E-state index < -0.39 is 18.1 Å². The van der Waals surface area contributed by atoms with Gasteiger partial charge in [0.05, 0.1) is 6.10 Å². The molecule has 0 radical (unpaired) electrons. The third kappa shape index (κ3) is 4.10. The second kappa shape index (κ2) is 8.84. The van der Waals surface area contributed by atoms with Crippen molar-refractivity contribution < 1.29 is 32.5 Å². The maximum absolute atomic E-state index is 13.8. The van der Waals surface area contributed by atoms with Crippen molar-refractivity contribution in [2.75, 3.05) is 0 Å². The number of hydrogen-bond donors (Lipinski definition) is 1. The lowest BCUT2D eigenvalue weighted by Gasteiger charge is -2.62. The minimum Gasteiger partial charge on any atom is -0.462 e. The smallest absolute Gasteiger partial charge is 0.443 e. The Morgan fingerprint density at radius 3 is 2.38 bits per heavy atom. The van der Waals surface area contributed by atoms with Gasteiger partial charge in [-0.05, 0) is 91.3 Å². The summed E-state index contributed by atoms with van der Waals surface area (Å²) >= 11 is 0. The minimum absolute atomic E-state index is 0.0401. The Labute approximate surface area is 220 Å². The average Bonchev–Trinajstić information content (AvgIpc) is 3.07. The quantitative estimate of drug-likeness (QED) is 0.364. The van der Waals surface area contributed by atoms with Crippen LogP contribution in [-0.2, 0) is 14.3 Å². The SMILES string of the molecule is CC(=O)OC1CCC23CC(CCC2C1(C)C)C1CC2OC(O)(C(F)(F)F)CC(C)C2C1(C)CCCC3C. The van der Waals surface area contributed by atoms with Crippen LogP contribution in [-0.4, -0.2) is 35.2 Å². The van der Waals surface area contributed by atoms with Crippen molar-refractivity contribution in [2.45, 2.75) is 130 Å². The summed E-state index contributed by atoms with van der Waals surface area (Å²) in [6.07, 6.45) is 3.22. The van der Waals surface area contributed by atoms with Gasteiger partial charge in [0.15, 0.2) is 0 Å². The highest BCUT2D eigenvalue weighted by molar-refractivity contribution is 5.66. The molecule has 5 fully saturated rings. The van der Waals surface area contributed by atoms with Gasteiger partial charge in [-0.1, -0.05) is 47.5 Å². The molecule has 11 atom stereocenters. The zero-order valence-corrected chi connectivity index (χ0v) is 23.5. The topological polar surface area (TPSA) is 55.8 Å². The lowest BCUT2D eigenvalue weighted by Crippen LogP contribution is -2.57. The Bertz CT molecular complexity index is 904. The first-order valence-electron chi connectivity index (χ1n) is 14.7. The van der Waals surface area contributed by atoms with E-state index in [0.717, 1.165) is 51.4 Å². The average molecular weight is 529 g/mol. The molecule has 5 aliphatic rings. The summed E-state index contributed by atoms with van der Waals surface area (Å²) in [7, 11) is 0. The number of esters is 1. The molecule has 11 unspecified atom stereocenters. The van der Waals surface area contributed by atoms with E-state index >= 15 is 0 Å². The van der Waals surface area contributed by atoms with Gasteiger partial charge < -0.3 is 14.6 Å². The van der Waals surface area contributed by atoms with Gasteiger partial charge in [0.25, 0.3) is 5.79 Å². The van der Waals surface area contributed by atoms with Gasteiger partial charge in [-0.15, -0.1) is 0 Å². The summed E-state index contributed by atoms with van der Waals surface area (Å²) in [5.74, 6) is -1.68. The molecule has 0 amide bonds. The Balaban J connectivity index is 1.47. The fourth-order valence-electron chi connectivity index (χ4n) is 11.0. The number of ether oxygens (including phenoxy) is 2. The lowest BCUT2D eigenvalue weighted by molar-refractivity contribution is -0.401. The number of aliphatic hydroxyl groups is 1. The highest BCUT2D eigenvalue weighted by atomic mass is 19.4. The molecule has 1 aliphatic heterocycles. The van der Waals surface area contributed by atoms with Crippen LogP contribution in [0.15, 0.2) is 0 Å². The molecule has 0 aromatic rings. The molecule has 4 nitrogen and oxygen atoms in total. The highest BCUT2D eigenvalue weighted by Crippen LogP contribution is 2.69. The number of carbonyl (C=O) groups is 1. The van der Waals surface area contributed by atoms with Crippen molar-refractivity contribution in [1.82, 2.24) is 0 Å². The Hall–Kier alpha value is -0.820. The maximum atomic E-state index is 13.8. The predicted octanol–water partition coefficient (Wildman–Crippen LogP) is 7.28. The molecule has 5 rings (SSSR count). The van der Waals surface area contributed by atoms with E-state index in [1.54, 1.807) is 0 Å². The predicted molar refractivity (Wildman–Crippen MR) is 134 cm³/mol. The first-order valence-corrected chi connectivity index (χ1v) is 14.7. The van der Waals surface area contributed by atoms with E-state index in [9.17, 15) is 23.1 Å². The van der Waals surface area contributed by atoms with Crippen molar-refractivity contribution in [3.63, 3.8) is 0 Å². The molecule has 212 valence electrons. The van der Waals surface area contributed by atoms with Crippen LogP contribution in [0.1, 0.15) is 106 Å². The summed E-state index contributed by atoms with van der Waals surface area (Å²) in [5.41, 5.74) is -0.0174. The van der Waals surface area contributed by atoms with Gasteiger partial charge in [0, 0.05) is 18.8 Å². The Morgan fingerprint density at radius 2 is 1.73 bits per heavy atom. The molecule has 4 aliphatic carbocycles. The van der Waals surface area contributed by atoms with E-state index in [4.69, 9.17) is 9.47 Å². The third-order valence-electron chi connectivity index (χ3n) is 12.5. The molecule has 1 spiro atoms. The fourth-order valence-corrected chi connectivity index (χ4v) is 11.0. The summed E-state index contributed by atoms with van der Waals surface area (Å²) in [6.45, 7) is 12.7. The third-order valence-corrected chi connectivity index (χ3v) is 12.5. The van der Waals surface area contributed by atoms with Crippen LogP contribution >= 0.6 is 0 Å². The van der Waals surface area contributed by atoms with Gasteiger partial charge in [0.2, 0.25) is 0 Å². The summed E-state index contributed by atoms with van der Waals surface area (Å²) in [4.78, 5) is 11.9. The first-order chi connectivity index (χ1) is 17.0. The van der Waals surface area contributed by atoms with Crippen LogP contribution in [0.2, 0.25) is 0 Å². The molecule has 0 aromatic carbocycles. The van der Waals surface area contributed by atoms with Crippen molar-refractivity contribution >= 4 is 5.97 Å². The van der Waals surface area contributed by atoms with E-state index in [1.165, 1.54) is 6.92 Å². The summed E-state index contributed by atoms with van der Waals surface area (Å²) in [6, 6.07) is 0. The van der Waals surface area contributed by atoms with Crippen LogP contribution in [0, 0.1) is 51.8 Å². The molecule has 2 bridgehead atoms. The highest BCUT2D eigenvalue weighted by Gasteiger charge is 2.68. The second-order valence-electron chi connectivity index (χ2n) is 14.6. The van der Waals surface area contributed by atoms with E-state index in [1.807, 2.05) is 6.92 Å². The van der Waals surface area contributed by atoms with Gasteiger partial charge in [-0.25, -0.2) is 0 Å². The Kier molecular flexibility index (Phi) is 6.63. The fraction of sp³-hybridized carbons (Fsp3) is 0.967. The number of fused-ring (bicyclic) bond motifs is 5. The second-order valence-corrected chi connectivity index (χ2v) is 14.6. The standard InChI is InChI=1S/C30H47F3O4/c1-17-15-29(35,30(31,32)33)37-22-14-21-20-9-10-23-26(4,5)24(36-19(3)34)11-13-28(23,16-20)18(2)8-7-12-27(21,6)25(17)22/h17-18,20-25,35H,7-16H2,1-6H3. The van der Waals surface area contributed by atoms with Gasteiger partial charge in [-0.2, -0.15) is 13.2 Å². The molecule has 1 N–H and O–H groups in total. The van der Waals surface area contributed by atoms with Crippen LogP contribution in [0.3, 0.4) is 0 Å². The van der Waals surface area contributed by atoms with E-state index in [-0.39, 0.29) is 46.6 Å². The van der Waals surface area contributed by atoms with Crippen molar-refractivity contribution in [2.24, 2.45) is 51.8 Å². The molecule has 4 saturated carbocycles. The largest absolute Gasteiger partial charge is 0.462 e. The molecular weight excluding hydrogens is 481 g/mol. The van der Waals surface area contributed by atoms with Crippen LogP contribution in [0.25, 0.3) is 0 Å². The van der Waals surface area contributed by atoms with Gasteiger partial charge >= 0.3 is 12.1 Å². The zero-order chi connectivity index (χ0) is 27.2. The first kappa shape index (κ1) is 27.7. The summed E-state index contributed by atoms with van der Waals surface area (Å²) < 4.78 is 52.9. The maximum Gasteiger partial charge on any atom is 0.443 e. The zero-order valence-electron chi connectivity index (χ0n) is 23.5. The van der Waals surface area contributed by atoms with Crippen LogP contribution < -0.4 is 0 Å². The monoisotopic (exact) mass is 528 g/mol. The number of halogens is 3. The molecular formula is C30H47F3O4. The normalized spacial score (nSPS) is 51.5. The van der Waals surface area contributed by atoms with Gasteiger partial charge in [-0.3, -0.25) is 4.79 Å². The minimum atomic E-state index is -4.78. The molecule has 37 heavy (non-hydrogen) atoms. The van der Waals surface area contributed by atoms with Crippen molar-refractivity contribution in [1.29, 1.82) is 0 Å². The molecule has 0 aromatic heterocycles. The van der Waals surface area contributed by atoms with Crippen molar-refractivity contribution in [3.8, 4) is 0 Å². The number of alkyl halides is 3. The van der Waals surface area contributed by atoms with Crippen LogP contribution in [0.4, 0.5) is 13.2 Å². The molecule has 7 heteroatoms.